The lowest BCUT2D eigenvalue weighted by molar-refractivity contribution is -0.200. The second-order valence-corrected chi connectivity index (χ2v) is 6.11. The number of hydrogen-bond donors (Lipinski definition) is 1. The van der Waals surface area contributed by atoms with Crippen molar-refractivity contribution in [2.45, 2.75) is 39.9 Å². The summed E-state index contributed by atoms with van der Waals surface area (Å²) in [6.45, 7) is 6.34. The van der Waals surface area contributed by atoms with Crippen LogP contribution in [0, 0.1) is 10.8 Å². The van der Waals surface area contributed by atoms with Gasteiger partial charge in [-0.3, -0.25) is 5.43 Å². The van der Waals surface area contributed by atoms with E-state index in [4.69, 9.17) is 0 Å². The standard InChI is InChI=1S/C13H17F3N4/c1-11(2,3)10-12(4,13(14,15)16)9(19-20-10)8-5-6-17-7-18-8/h5-7,9,19H,1-4H3/t9?,12-/m1/s1. The van der Waals surface area contributed by atoms with Crippen LogP contribution in [0.4, 0.5) is 13.2 Å². The first-order chi connectivity index (χ1) is 9.08. The lowest BCUT2D eigenvalue weighted by Gasteiger charge is -2.38. The van der Waals surface area contributed by atoms with Crippen molar-refractivity contribution in [3.63, 3.8) is 0 Å². The summed E-state index contributed by atoms with van der Waals surface area (Å²) in [5.74, 6) is 0. The van der Waals surface area contributed by atoms with Crippen molar-refractivity contribution in [2.24, 2.45) is 15.9 Å². The van der Waals surface area contributed by atoms with Gasteiger partial charge in [-0.15, -0.1) is 0 Å². The van der Waals surface area contributed by atoms with E-state index in [1.807, 2.05) is 0 Å². The summed E-state index contributed by atoms with van der Waals surface area (Å²) in [6.07, 6.45) is -1.77. The van der Waals surface area contributed by atoms with Crippen molar-refractivity contribution in [1.82, 2.24) is 15.4 Å². The molecule has 0 spiro atoms. The number of nitrogens with zero attached hydrogens (tertiary/aromatic N) is 3. The zero-order valence-electron chi connectivity index (χ0n) is 11.8. The van der Waals surface area contributed by atoms with E-state index in [2.05, 4.69) is 20.5 Å². The number of hydrazone groups is 1. The van der Waals surface area contributed by atoms with Gasteiger partial charge < -0.3 is 0 Å². The normalized spacial score (nSPS) is 27.1. The van der Waals surface area contributed by atoms with Crippen molar-refractivity contribution < 1.29 is 13.2 Å². The van der Waals surface area contributed by atoms with E-state index in [1.165, 1.54) is 25.5 Å². The second kappa shape index (κ2) is 4.43. The van der Waals surface area contributed by atoms with Crippen LogP contribution in [0.3, 0.4) is 0 Å². The number of alkyl halides is 3. The van der Waals surface area contributed by atoms with Crippen LogP contribution in [-0.4, -0.2) is 21.9 Å². The van der Waals surface area contributed by atoms with Gasteiger partial charge >= 0.3 is 6.18 Å². The summed E-state index contributed by atoms with van der Waals surface area (Å²) >= 11 is 0. The van der Waals surface area contributed by atoms with E-state index in [0.29, 0.717) is 0 Å². The maximum Gasteiger partial charge on any atom is 0.401 e. The Morgan fingerprint density at radius 2 is 1.90 bits per heavy atom. The van der Waals surface area contributed by atoms with Crippen molar-refractivity contribution in [2.75, 3.05) is 0 Å². The zero-order chi connectivity index (χ0) is 15.2. The molecule has 110 valence electrons. The quantitative estimate of drug-likeness (QED) is 0.863. The number of hydrogen-bond acceptors (Lipinski definition) is 4. The Balaban J connectivity index is 2.53. The molecule has 0 radical (unpaired) electrons. The minimum absolute atomic E-state index is 0.0844. The van der Waals surface area contributed by atoms with Gasteiger partial charge in [0.05, 0.1) is 11.4 Å². The van der Waals surface area contributed by atoms with Crippen LogP contribution in [0.15, 0.2) is 23.7 Å². The molecule has 1 unspecified atom stereocenters. The topological polar surface area (TPSA) is 50.2 Å². The average Bonchev–Trinajstić information content (AvgIpc) is 2.68. The maximum absolute atomic E-state index is 13.7. The Hall–Kier alpha value is -1.66. The molecule has 0 saturated heterocycles. The van der Waals surface area contributed by atoms with Gasteiger partial charge in [0.2, 0.25) is 0 Å². The Morgan fingerprint density at radius 3 is 2.35 bits per heavy atom. The fourth-order valence-electron chi connectivity index (χ4n) is 2.59. The molecule has 7 heteroatoms. The van der Waals surface area contributed by atoms with E-state index < -0.39 is 23.0 Å². The lowest BCUT2D eigenvalue weighted by atomic mass is 9.68. The van der Waals surface area contributed by atoms with Crippen LogP contribution in [0.2, 0.25) is 0 Å². The molecule has 2 heterocycles. The number of halogens is 3. The van der Waals surface area contributed by atoms with Gasteiger partial charge in [-0.25, -0.2) is 9.97 Å². The zero-order valence-corrected chi connectivity index (χ0v) is 11.8. The molecule has 1 aliphatic heterocycles. The van der Waals surface area contributed by atoms with Gasteiger partial charge in [-0.1, -0.05) is 20.8 Å². The molecule has 1 aromatic heterocycles. The molecule has 2 atom stereocenters. The first-order valence-electron chi connectivity index (χ1n) is 6.25. The van der Waals surface area contributed by atoms with Gasteiger partial charge in [0.1, 0.15) is 17.8 Å². The highest BCUT2D eigenvalue weighted by atomic mass is 19.4. The minimum atomic E-state index is -4.43. The van der Waals surface area contributed by atoms with Gasteiger partial charge in [0.15, 0.2) is 0 Å². The summed E-state index contributed by atoms with van der Waals surface area (Å²) in [5, 5.41) is 3.97. The third-order valence-corrected chi connectivity index (χ3v) is 3.57. The fraction of sp³-hybridized carbons (Fsp3) is 0.615. The van der Waals surface area contributed by atoms with Gasteiger partial charge in [-0.2, -0.15) is 18.3 Å². The fourth-order valence-corrected chi connectivity index (χ4v) is 2.59. The van der Waals surface area contributed by atoms with E-state index in [9.17, 15) is 13.2 Å². The number of nitrogens with one attached hydrogen (secondary N) is 1. The average molecular weight is 286 g/mol. The van der Waals surface area contributed by atoms with Gasteiger partial charge in [0, 0.05) is 11.6 Å². The van der Waals surface area contributed by atoms with Crippen molar-refractivity contribution in [3.8, 4) is 0 Å². The summed E-state index contributed by atoms with van der Waals surface area (Å²) in [5.41, 5.74) is 0.176. The van der Waals surface area contributed by atoms with Crippen LogP contribution in [0.1, 0.15) is 39.4 Å². The SMILES string of the molecule is CC(C)(C)C1=NNC(c2ccncn2)[C@@]1(C)C(F)(F)F. The Kier molecular flexibility index (Phi) is 3.26. The van der Waals surface area contributed by atoms with Crippen LogP contribution in [0.5, 0.6) is 0 Å². The van der Waals surface area contributed by atoms with Crippen LogP contribution >= 0.6 is 0 Å². The molecule has 2 rings (SSSR count). The highest BCUT2D eigenvalue weighted by molar-refractivity contribution is 5.96. The number of rotatable bonds is 1. The van der Waals surface area contributed by atoms with Gasteiger partial charge in [0.25, 0.3) is 0 Å². The number of aromatic nitrogens is 2. The van der Waals surface area contributed by atoms with Crippen molar-refractivity contribution in [1.29, 1.82) is 0 Å². The largest absolute Gasteiger partial charge is 0.401 e. The summed E-state index contributed by atoms with van der Waals surface area (Å²) in [7, 11) is 0. The van der Waals surface area contributed by atoms with Crippen LogP contribution < -0.4 is 5.43 Å². The van der Waals surface area contributed by atoms with Crippen LogP contribution in [-0.2, 0) is 0 Å². The molecular weight excluding hydrogens is 269 g/mol. The minimum Gasteiger partial charge on any atom is -0.300 e. The molecular formula is C13H17F3N4. The molecule has 0 bridgehead atoms. The molecule has 20 heavy (non-hydrogen) atoms. The second-order valence-electron chi connectivity index (χ2n) is 6.11. The predicted molar refractivity (Wildman–Crippen MR) is 69.0 cm³/mol. The Bertz CT molecular complexity index is 519. The molecule has 1 N–H and O–H groups in total. The summed E-state index contributed by atoms with van der Waals surface area (Å²) in [6, 6.07) is 0.433. The third kappa shape index (κ3) is 2.14. The first kappa shape index (κ1) is 14.7. The van der Waals surface area contributed by atoms with E-state index in [0.717, 1.165) is 0 Å². The first-order valence-corrected chi connectivity index (χ1v) is 6.25. The molecule has 0 amide bonds. The Labute approximate surface area is 115 Å². The smallest absolute Gasteiger partial charge is 0.300 e. The third-order valence-electron chi connectivity index (χ3n) is 3.57. The van der Waals surface area contributed by atoms with Crippen LogP contribution in [0.25, 0.3) is 0 Å². The highest BCUT2D eigenvalue weighted by Crippen LogP contribution is 2.53. The molecule has 1 aliphatic rings. The predicted octanol–water partition coefficient (Wildman–Crippen LogP) is 3.09. The summed E-state index contributed by atoms with van der Waals surface area (Å²) in [4.78, 5) is 7.68. The molecule has 0 saturated carbocycles. The van der Waals surface area contributed by atoms with Crippen molar-refractivity contribution in [3.05, 3.63) is 24.3 Å². The Morgan fingerprint density at radius 1 is 1.25 bits per heavy atom. The molecule has 0 aliphatic carbocycles. The summed E-state index contributed by atoms with van der Waals surface area (Å²) < 4.78 is 41.1. The molecule has 0 aromatic carbocycles. The molecule has 1 aromatic rings. The molecule has 4 nitrogen and oxygen atoms in total. The van der Waals surface area contributed by atoms with E-state index in [1.54, 1.807) is 20.8 Å². The van der Waals surface area contributed by atoms with E-state index in [-0.39, 0.29) is 11.4 Å². The maximum atomic E-state index is 13.7. The molecule has 0 fully saturated rings. The van der Waals surface area contributed by atoms with E-state index >= 15 is 0 Å². The monoisotopic (exact) mass is 286 g/mol. The lowest BCUT2D eigenvalue weighted by Crippen LogP contribution is -2.50. The highest BCUT2D eigenvalue weighted by Gasteiger charge is 2.64. The van der Waals surface area contributed by atoms with Crippen molar-refractivity contribution >= 4 is 5.71 Å². The van der Waals surface area contributed by atoms with Gasteiger partial charge in [-0.05, 0) is 13.0 Å².